The van der Waals surface area contributed by atoms with E-state index in [2.05, 4.69) is 5.32 Å². The maximum absolute atomic E-state index is 13.5. The fourth-order valence-electron chi connectivity index (χ4n) is 2.11. The van der Waals surface area contributed by atoms with Gasteiger partial charge in [0.05, 0.1) is 5.56 Å². The minimum atomic E-state index is -0.413. The third-order valence-corrected chi connectivity index (χ3v) is 3.39. The second-order valence-electron chi connectivity index (χ2n) is 4.89. The molecule has 1 amide bonds. The van der Waals surface area contributed by atoms with E-state index in [1.165, 1.54) is 18.2 Å². The Kier molecular flexibility index (Phi) is 4.48. The molecule has 0 aliphatic rings. The molecule has 0 aliphatic carbocycles. The molecule has 2 rings (SSSR count). The molecule has 0 saturated carbocycles. The van der Waals surface area contributed by atoms with Crippen LogP contribution < -0.4 is 5.32 Å². The Hall–Kier alpha value is -2.07. The quantitative estimate of drug-likeness (QED) is 0.907. The summed E-state index contributed by atoms with van der Waals surface area (Å²) in [6.07, 6.45) is 0. The number of nitrogens with one attached hydrogen (secondary N) is 1. The van der Waals surface area contributed by atoms with Gasteiger partial charge in [-0.25, -0.2) is 4.39 Å². The van der Waals surface area contributed by atoms with Crippen LogP contribution in [0.3, 0.4) is 0 Å². The highest BCUT2D eigenvalue weighted by Gasteiger charge is 2.11. The molecular formula is C16H15ClFNO2. The maximum Gasteiger partial charge on any atom is 0.255 e. The van der Waals surface area contributed by atoms with Crippen LogP contribution in [0.4, 0.5) is 4.39 Å². The third-order valence-electron chi connectivity index (χ3n) is 3.15. The Morgan fingerprint density at radius 2 is 1.86 bits per heavy atom. The van der Waals surface area contributed by atoms with Gasteiger partial charge < -0.3 is 10.4 Å². The van der Waals surface area contributed by atoms with E-state index in [0.29, 0.717) is 16.1 Å². The van der Waals surface area contributed by atoms with Gasteiger partial charge >= 0.3 is 0 Å². The van der Waals surface area contributed by atoms with E-state index in [9.17, 15) is 14.3 Å². The number of carbonyl (C=O) groups is 1. The molecule has 0 atom stereocenters. The Labute approximate surface area is 127 Å². The SMILES string of the molecule is Cc1cc(CNC(=O)c2ccc(Cl)cc2O)cc(C)c1F. The number of phenols is 1. The van der Waals surface area contributed by atoms with Gasteiger partial charge in [0.2, 0.25) is 0 Å². The highest BCUT2D eigenvalue weighted by Crippen LogP contribution is 2.22. The molecule has 0 fully saturated rings. The predicted molar refractivity (Wildman–Crippen MR) is 80.2 cm³/mol. The molecule has 0 spiro atoms. The van der Waals surface area contributed by atoms with E-state index < -0.39 is 5.91 Å². The average Bonchev–Trinajstić information content (AvgIpc) is 2.42. The largest absolute Gasteiger partial charge is 0.507 e. The van der Waals surface area contributed by atoms with Gasteiger partial charge in [-0.3, -0.25) is 4.79 Å². The van der Waals surface area contributed by atoms with Gasteiger partial charge in [-0.05, 0) is 48.7 Å². The van der Waals surface area contributed by atoms with E-state index in [1.54, 1.807) is 26.0 Å². The number of carbonyl (C=O) groups excluding carboxylic acids is 1. The van der Waals surface area contributed by atoms with Gasteiger partial charge in [0.15, 0.2) is 0 Å². The van der Waals surface area contributed by atoms with E-state index in [-0.39, 0.29) is 23.7 Å². The predicted octanol–water partition coefficient (Wildman–Crippen LogP) is 3.73. The Morgan fingerprint density at radius 1 is 1.24 bits per heavy atom. The van der Waals surface area contributed by atoms with Gasteiger partial charge in [0, 0.05) is 11.6 Å². The number of hydrogen-bond donors (Lipinski definition) is 2. The summed E-state index contributed by atoms with van der Waals surface area (Å²) in [5, 5.41) is 12.7. The number of benzene rings is 2. The van der Waals surface area contributed by atoms with Crippen LogP contribution in [0, 0.1) is 19.7 Å². The van der Waals surface area contributed by atoms with Gasteiger partial charge in [-0.2, -0.15) is 0 Å². The minimum absolute atomic E-state index is 0.148. The van der Waals surface area contributed by atoms with E-state index in [0.717, 1.165) is 5.56 Å². The van der Waals surface area contributed by atoms with E-state index in [1.807, 2.05) is 0 Å². The Morgan fingerprint density at radius 3 is 2.43 bits per heavy atom. The summed E-state index contributed by atoms with van der Waals surface area (Å²) in [6.45, 7) is 3.61. The summed E-state index contributed by atoms with van der Waals surface area (Å²) in [4.78, 5) is 12.0. The lowest BCUT2D eigenvalue weighted by molar-refractivity contribution is 0.0948. The molecule has 0 aromatic heterocycles. The molecule has 3 nitrogen and oxygen atoms in total. The average molecular weight is 308 g/mol. The summed E-state index contributed by atoms with van der Waals surface area (Å²) in [5.74, 6) is -0.823. The first-order valence-corrected chi connectivity index (χ1v) is 6.78. The zero-order valence-corrected chi connectivity index (χ0v) is 12.5. The van der Waals surface area contributed by atoms with Crippen molar-refractivity contribution in [2.75, 3.05) is 0 Å². The molecule has 0 bridgehead atoms. The number of rotatable bonds is 3. The summed E-state index contributed by atoms with van der Waals surface area (Å²) >= 11 is 5.72. The first-order valence-electron chi connectivity index (χ1n) is 6.41. The molecule has 0 heterocycles. The van der Waals surface area contributed by atoms with Gasteiger partial charge in [-0.1, -0.05) is 23.7 Å². The number of aromatic hydroxyl groups is 1. The fourth-order valence-corrected chi connectivity index (χ4v) is 2.28. The normalized spacial score (nSPS) is 10.5. The van der Waals surface area contributed by atoms with Crippen molar-refractivity contribution in [1.29, 1.82) is 0 Å². The zero-order valence-electron chi connectivity index (χ0n) is 11.7. The standard InChI is InChI=1S/C16H15ClFNO2/c1-9-5-11(6-10(2)15(9)18)8-19-16(21)13-4-3-12(17)7-14(13)20/h3-7,20H,8H2,1-2H3,(H,19,21). The molecule has 21 heavy (non-hydrogen) atoms. The lowest BCUT2D eigenvalue weighted by Gasteiger charge is -2.09. The number of aryl methyl sites for hydroxylation is 2. The summed E-state index contributed by atoms with van der Waals surface area (Å²) in [5.41, 5.74) is 2.02. The van der Waals surface area contributed by atoms with Crippen LogP contribution in [-0.2, 0) is 6.54 Å². The summed E-state index contributed by atoms with van der Waals surface area (Å²) < 4.78 is 13.5. The van der Waals surface area contributed by atoms with Crippen molar-refractivity contribution in [3.63, 3.8) is 0 Å². The van der Waals surface area contributed by atoms with Crippen LogP contribution in [0.1, 0.15) is 27.0 Å². The van der Waals surface area contributed by atoms with Crippen LogP contribution in [0.15, 0.2) is 30.3 Å². The molecule has 0 unspecified atom stereocenters. The third kappa shape index (κ3) is 3.52. The van der Waals surface area contributed by atoms with Crippen molar-refractivity contribution in [1.82, 2.24) is 5.32 Å². The molecule has 2 aromatic carbocycles. The monoisotopic (exact) mass is 307 g/mol. The van der Waals surface area contributed by atoms with Crippen molar-refractivity contribution >= 4 is 17.5 Å². The van der Waals surface area contributed by atoms with Gasteiger partial charge in [-0.15, -0.1) is 0 Å². The minimum Gasteiger partial charge on any atom is -0.507 e. The number of halogens is 2. The van der Waals surface area contributed by atoms with Gasteiger partial charge in [0.25, 0.3) is 5.91 Å². The second kappa shape index (κ2) is 6.14. The van der Waals surface area contributed by atoms with Crippen molar-refractivity contribution in [2.45, 2.75) is 20.4 Å². The number of phenolic OH excluding ortho intramolecular Hbond substituents is 1. The van der Waals surface area contributed by atoms with Crippen molar-refractivity contribution < 1.29 is 14.3 Å². The smallest absolute Gasteiger partial charge is 0.255 e. The Bertz CT molecular complexity index is 678. The van der Waals surface area contributed by atoms with E-state index in [4.69, 9.17) is 11.6 Å². The topological polar surface area (TPSA) is 49.3 Å². The fraction of sp³-hybridized carbons (Fsp3) is 0.188. The number of hydrogen-bond acceptors (Lipinski definition) is 2. The highest BCUT2D eigenvalue weighted by atomic mass is 35.5. The highest BCUT2D eigenvalue weighted by molar-refractivity contribution is 6.30. The molecule has 5 heteroatoms. The van der Waals surface area contributed by atoms with Crippen LogP contribution in [0.5, 0.6) is 5.75 Å². The summed E-state index contributed by atoms with van der Waals surface area (Å²) in [7, 11) is 0. The zero-order chi connectivity index (χ0) is 15.6. The molecule has 110 valence electrons. The van der Waals surface area contributed by atoms with Crippen LogP contribution >= 0.6 is 11.6 Å². The van der Waals surface area contributed by atoms with Crippen molar-refractivity contribution in [3.8, 4) is 5.75 Å². The Balaban J connectivity index is 2.11. The molecule has 2 N–H and O–H groups in total. The first-order chi connectivity index (χ1) is 9.88. The maximum atomic E-state index is 13.5. The number of amides is 1. The van der Waals surface area contributed by atoms with Crippen LogP contribution in [-0.4, -0.2) is 11.0 Å². The molecule has 0 saturated heterocycles. The van der Waals surface area contributed by atoms with Crippen LogP contribution in [0.25, 0.3) is 0 Å². The molecular weight excluding hydrogens is 293 g/mol. The second-order valence-corrected chi connectivity index (χ2v) is 5.32. The van der Waals surface area contributed by atoms with Crippen molar-refractivity contribution in [3.05, 3.63) is 63.4 Å². The lowest BCUT2D eigenvalue weighted by atomic mass is 10.1. The molecule has 0 radical (unpaired) electrons. The van der Waals surface area contributed by atoms with Gasteiger partial charge in [0.1, 0.15) is 11.6 Å². The molecule has 0 aliphatic heterocycles. The lowest BCUT2D eigenvalue weighted by Crippen LogP contribution is -2.23. The molecule has 2 aromatic rings. The summed E-state index contributed by atoms with van der Waals surface area (Å²) in [6, 6.07) is 7.66. The first kappa shape index (κ1) is 15.3. The van der Waals surface area contributed by atoms with E-state index >= 15 is 0 Å². The van der Waals surface area contributed by atoms with Crippen LogP contribution in [0.2, 0.25) is 5.02 Å². The van der Waals surface area contributed by atoms with Crippen molar-refractivity contribution in [2.24, 2.45) is 0 Å².